The summed E-state index contributed by atoms with van der Waals surface area (Å²) >= 11 is 0. The van der Waals surface area contributed by atoms with Gasteiger partial charge < -0.3 is 19.7 Å². The Morgan fingerprint density at radius 2 is 1.12 bits per heavy atom. The highest BCUT2D eigenvalue weighted by atomic mass is 17.7. The molecule has 0 fully saturated rings. The summed E-state index contributed by atoms with van der Waals surface area (Å²) in [6.07, 6.45) is -1.69. The lowest BCUT2D eigenvalue weighted by atomic mass is 10.1. The Kier molecular flexibility index (Phi) is 8.75. The van der Waals surface area contributed by atoms with Crippen LogP contribution in [0.5, 0.6) is 0 Å². The number of esters is 2. The van der Waals surface area contributed by atoms with Gasteiger partial charge in [0.2, 0.25) is 0 Å². The van der Waals surface area contributed by atoms with E-state index in [9.17, 15) is 19.8 Å². The van der Waals surface area contributed by atoms with Crippen molar-refractivity contribution in [2.45, 2.75) is 51.5 Å². The van der Waals surface area contributed by atoms with E-state index in [0.717, 1.165) is 0 Å². The van der Waals surface area contributed by atoms with Crippen LogP contribution < -0.4 is 0 Å². The third-order valence-electron chi connectivity index (χ3n) is 2.40. The average molecular weight is 350 g/mol. The molecule has 2 atom stereocenters. The van der Waals surface area contributed by atoms with Crippen LogP contribution in [0.4, 0.5) is 0 Å². The van der Waals surface area contributed by atoms with Gasteiger partial charge in [0, 0.05) is 0 Å². The summed E-state index contributed by atoms with van der Waals surface area (Å²) in [5.74, 6) is -2.40. The van der Waals surface area contributed by atoms with Crippen LogP contribution in [0.15, 0.2) is 25.3 Å². The summed E-state index contributed by atoms with van der Waals surface area (Å²) < 4.78 is 9.58. The standard InChI is InChI=1S/C14H22O10/c1-7-13(3,4)19-9(15)11(17)21-23-24-22-12(18)10(16)20-14(5,6)8-2/h7-8,11-12,17-18H,1-2H2,3-6H3. The third kappa shape index (κ3) is 8.72. The van der Waals surface area contributed by atoms with Crippen molar-refractivity contribution in [1.29, 1.82) is 0 Å². The van der Waals surface area contributed by atoms with Crippen LogP contribution >= 0.6 is 0 Å². The van der Waals surface area contributed by atoms with Gasteiger partial charge >= 0.3 is 11.9 Å². The second-order valence-corrected chi connectivity index (χ2v) is 5.49. The highest BCUT2D eigenvalue weighted by molar-refractivity contribution is 5.73. The molecule has 2 N–H and O–H groups in total. The zero-order valence-electron chi connectivity index (χ0n) is 13.9. The molecule has 0 saturated carbocycles. The third-order valence-corrected chi connectivity index (χ3v) is 2.40. The molecule has 138 valence electrons. The Bertz CT molecular complexity index is 414. The molecule has 10 heteroatoms. The van der Waals surface area contributed by atoms with E-state index in [-0.39, 0.29) is 0 Å². The Balaban J connectivity index is 4.12. The zero-order valence-corrected chi connectivity index (χ0v) is 13.9. The van der Waals surface area contributed by atoms with Gasteiger partial charge in [-0.1, -0.05) is 13.2 Å². The molecule has 0 aromatic heterocycles. The quantitative estimate of drug-likeness (QED) is 0.135. The van der Waals surface area contributed by atoms with Crippen LogP contribution in [0.3, 0.4) is 0 Å². The number of carbonyl (C=O) groups is 2. The number of hydrogen-bond donors (Lipinski definition) is 2. The highest BCUT2D eigenvalue weighted by Crippen LogP contribution is 2.13. The van der Waals surface area contributed by atoms with E-state index in [2.05, 4.69) is 33.0 Å². The van der Waals surface area contributed by atoms with Crippen molar-refractivity contribution in [3.8, 4) is 0 Å². The fourth-order valence-electron chi connectivity index (χ4n) is 0.888. The SMILES string of the molecule is C=CC(C)(C)OC(=O)C(O)OOOOC(O)C(=O)OC(C)(C)C=C. The second kappa shape index (κ2) is 9.47. The molecule has 0 aromatic rings. The maximum absolute atomic E-state index is 11.4. The largest absolute Gasteiger partial charge is 0.452 e. The zero-order chi connectivity index (χ0) is 19.0. The van der Waals surface area contributed by atoms with Crippen LogP contribution in [0.1, 0.15) is 27.7 Å². The lowest BCUT2D eigenvalue weighted by molar-refractivity contribution is -0.659. The Morgan fingerprint density at radius 3 is 1.38 bits per heavy atom. The minimum Gasteiger partial charge on any atom is -0.452 e. The molecule has 0 aliphatic rings. The molecule has 2 unspecified atom stereocenters. The van der Waals surface area contributed by atoms with Crippen LogP contribution in [-0.2, 0) is 38.9 Å². The highest BCUT2D eigenvalue weighted by Gasteiger charge is 2.28. The first-order chi connectivity index (χ1) is 10.9. The molecule has 10 nitrogen and oxygen atoms in total. The minimum atomic E-state index is -2.17. The summed E-state index contributed by atoms with van der Waals surface area (Å²) in [6.45, 7) is 12.9. The fourth-order valence-corrected chi connectivity index (χ4v) is 0.888. The van der Waals surface area contributed by atoms with E-state index < -0.39 is 35.7 Å². The van der Waals surface area contributed by atoms with E-state index >= 15 is 0 Å². The summed E-state index contributed by atoms with van der Waals surface area (Å²) in [7, 11) is 0. The van der Waals surface area contributed by atoms with Gasteiger partial charge in [-0.2, -0.15) is 9.78 Å². The van der Waals surface area contributed by atoms with Gasteiger partial charge in [-0.25, -0.2) is 9.59 Å². The van der Waals surface area contributed by atoms with Gasteiger partial charge in [-0.05, 0) is 49.9 Å². The maximum Gasteiger partial charge on any atom is 0.367 e. The lowest BCUT2D eigenvalue weighted by Crippen LogP contribution is -2.35. The van der Waals surface area contributed by atoms with Crippen molar-refractivity contribution in [3.05, 3.63) is 25.3 Å². The van der Waals surface area contributed by atoms with Crippen molar-refractivity contribution in [3.63, 3.8) is 0 Å². The average Bonchev–Trinajstić information content (AvgIpc) is 2.50. The Morgan fingerprint density at radius 1 is 0.833 bits per heavy atom. The summed E-state index contributed by atoms with van der Waals surface area (Å²) in [5.41, 5.74) is -2.09. The topological polar surface area (TPSA) is 130 Å². The summed E-state index contributed by atoms with van der Waals surface area (Å²) in [5, 5.41) is 26.3. The van der Waals surface area contributed by atoms with E-state index in [0.29, 0.717) is 0 Å². The normalized spacial score (nSPS) is 14.4. The molecular weight excluding hydrogens is 328 g/mol. The fraction of sp³-hybridized carbons (Fsp3) is 0.571. The number of rotatable bonds is 11. The maximum atomic E-state index is 11.4. The predicted octanol–water partition coefficient (Wildman–Crippen LogP) is 0.450. The smallest absolute Gasteiger partial charge is 0.367 e. The molecule has 0 aromatic carbocycles. The van der Waals surface area contributed by atoms with E-state index in [1.165, 1.54) is 39.8 Å². The summed E-state index contributed by atoms with van der Waals surface area (Å²) in [4.78, 5) is 30.9. The van der Waals surface area contributed by atoms with Crippen molar-refractivity contribution in [2.24, 2.45) is 0 Å². The number of ether oxygens (including phenoxy) is 2. The van der Waals surface area contributed by atoms with E-state index in [4.69, 9.17) is 9.47 Å². The Hall–Kier alpha value is -1.82. The second-order valence-electron chi connectivity index (χ2n) is 5.49. The van der Waals surface area contributed by atoms with Gasteiger partial charge in [0.05, 0.1) is 0 Å². The van der Waals surface area contributed by atoms with Crippen LogP contribution in [0.25, 0.3) is 0 Å². The van der Waals surface area contributed by atoms with Crippen LogP contribution in [0, 0.1) is 0 Å². The van der Waals surface area contributed by atoms with Gasteiger partial charge in [-0.3, -0.25) is 0 Å². The molecule has 0 rings (SSSR count). The van der Waals surface area contributed by atoms with Crippen molar-refractivity contribution in [2.75, 3.05) is 0 Å². The van der Waals surface area contributed by atoms with Crippen molar-refractivity contribution in [1.82, 2.24) is 0 Å². The van der Waals surface area contributed by atoms with Crippen molar-refractivity contribution >= 4 is 11.9 Å². The molecule has 0 radical (unpaired) electrons. The van der Waals surface area contributed by atoms with Crippen molar-refractivity contribution < 1.29 is 49.1 Å². The first-order valence-corrected chi connectivity index (χ1v) is 6.68. The molecule has 0 amide bonds. The molecular formula is C14H22O10. The lowest BCUT2D eigenvalue weighted by Gasteiger charge is -2.22. The number of hydrogen-bond acceptors (Lipinski definition) is 10. The van der Waals surface area contributed by atoms with Gasteiger partial charge in [-0.15, -0.1) is 0 Å². The number of carbonyl (C=O) groups excluding carboxylic acids is 2. The molecule has 0 saturated heterocycles. The summed E-state index contributed by atoms with van der Waals surface area (Å²) in [6, 6.07) is 0. The molecule has 0 spiro atoms. The minimum absolute atomic E-state index is 1.04. The molecule has 0 bridgehead atoms. The first kappa shape index (κ1) is 22.2. The van der Waals surface area contributed by atoms with Crippen LogP contribution in [0.2, 0.25) is 0 Å². The van der Waals surface area contributed by atoms with Gasteiger partial charge in [0.1, 0.15) is 11.2 Å². The van der Waals surface area contributed by atoms with Gasteiger partial charge in [0.25, 0.3) is 12.6 Å². The predicted molar refractivity (Wildman–Crippen MR) is 77.1 cm³/mol. The molecule has 24 heavy (non-hydrogen) atoms. The monoisotopic (exact) mass is 350 g/mol. The molecule has 0 aliphatic heterocycles. The van der Waals surface area contributed by atoms with Gasteiger partial charge in [0.15, 0.2) is 0 Å². The first-order valence-electron chi connectivity index (χ1n) is 6.68. The van der Waals surface area contributed by atoms with E-state index in [1.807, 2.05) is 0 Å². The Labute approximate surface area is 138 Å². The van der Waals surface area contributed by atoms with Crippen LogP contribution in [-0.4, -0.2) is 45.9 Å². The number of aliphatic hydroxyl groups is 2. The number of aliphatic hydroxyl groups excluding tert-OH is 2. The molecule has 0 heterocycles. The molecule has 0 aliphatic carbocycles. The van der Waals surface area contributed by atoms with E-state index in [1.54, 1.807) is 0 Å².